The van der Waals surface area contributed by atoms with Crippen LogP contribution in [-0.4, -0.2) is 72.7 Å². The SMILES string of the molecule is Cc1cc(NC[C@@H]2CN(CC3CCN(CC4CC4)CC3)C(=O)CO2)nc2ccccc12. The van der Waals surface area contributed by atoms with E-state index in [-0.39, 0.29) is 18.6 Å². The van der Waals surface area contributed by atoms with Gasteiger partial charge in [0.1, 0.15) is 12.4 Å². The Morgan fingerprint density at radius 1 is 1.10 bits per heavy atom. The standard InChI is InChI=1S/C25H34N4O2/c1-18-12-24(27-23-5-3-2-4-22(18)23)26-13-21-16-29(25(30)17-31-21)15-20-8-10-28(11-9-20)14-19-6-7-19/h2-5,12,19-21H,6-11,13-17H2,1H3,(H,26,27)/t21-/m1/s1. The van der Waals surface area contributed by atoms with Gasteiger partial charge in [-0.2, -0.15) is 0 Å². The number of morpholine rings is 1. The Balaban J connectivity index is 1.12. The summed E-state index contributed by atoms with van der Waals surface area (Å²) in [6.07, 6.45) is 5.26. The normalized spacial score (nSPS) is 23.5. The number of nitrogens with zero attached hydrogens (tertiary/aromatic N) is 3. The number of carbonyl (C=O) groups is 1. The van der Waals surface area contributed by atoms with Crippen LogP contribution in [0, 0.1) is 18.8 Å². The fourth-order valence-electron chi connectivity index (χ4n) is 4.97. The van der Waals surface area contributed by atoms with Crippen molar-refractivity contribution < 1.29 is 9.53 Å². The zero-order valence-electron chi connectivity index (χ0n) is 18.6. The number of para-hydroxylation sites is 1. The summed E-state index contributed by atoms with van der Waals surface area (Å²) in [5.74, 6) is 2.59. The number of benzene rings is 1. The molecule has 1 aliphatic carbocycles. The Morgan fingerprint density at radius 3 is 2.68 bits per heavy atom. The number of likely N-dealkylation sites (tertiary alicyclic amines) is 1. The molecule has 0 spiro atoms. The predicted molar refractivity (Wildman–Crippen MR) is 123 cm³/mol. The number of anilines is 1. The average Bonchev–Trinajstić information content (AvgIpc) is 3.60. The van der Waals surface area contributed by atoms with Gasteiger partial charge in [-0.15, -0.1) is 0 Å². The first kappa shape index (κ1) is 20.7. The topological polar surface area (TPSA) is 57.7 Å². The summed E-state index contributed by atoms with van der Waals surface area (Å²) in [7, 11) is 0. The molecule has 6 heteroatoms. The number of hydrogen-bond acceptors (Lipinski definition) is 5. The highest BCUT2D eigenvalue weighted by Gasteiger charge is 2.31. The van der Waals surface area contributed by atoms with E-state index in [1.54, 1.807) is 0 Å². The van der Waals surface area contributed by atoms with Gasteiger partial charge in [0.2, 0.25) is 5.91 Å². The van der Waals surface area contributed by atoms with Crippen molar-refractivity contribution in [2.45, 2.75) is 38.7 Å². The maximum Gasteiger partial charge on any atom is 0.248 e. The molecule has 1 N–H and O–H groups in total. The molecule has 1 amide bonds. The molecule has 0 unspecified atom stereocenters. The lowest BCUT2D eigenvalue weighted by Gasteiger charge is -2.38. The second-order valence-corrected chi connectivity index (χ2v) is 9.64. The van der Waals surface area contributed by atoms with Crippen molar-refractivity contribution in [1.82, 2.24) is 14.8 Å². The van der Waals surface area contributed by atoms with E-state index >= 15 is 0 Å². The molecular weight excluding hydrogens is 388 g/mol. The summed E-state index contributed by atoms with van der Waals surface area (Å²) in [6.45, 7) is 8.19. The molecule has 3 heterocycles. The van der Waals surface area contributed by atoms with Gasteiger partial charge >= 0.3 is 0 Å². The third kappa shape index (κ3) is 5.18. The number of amides is 1. The molecule has 0 bridgehead atoms. The third-order valence-corrected chi connectivity index (χ3v) is 7.05. The number of aromatic nitrogens is 1. The molecule has 0 radical (unpaired) electrons. The molecule has 31 heavy (non-hydrogen) atoms. The van der Waals surface area contributed by atoms with Crippen molar-refractivity contribution in [2.75, 3.05) is 51.2 Å². The average molecular weight is 423 g/mol. The van der Waals surface area contributed by atoms with Gasteiger partial charge in [0.25, 0.3) is 0 Å². The van der Waals surface area contributed by atoms with Gasteiger partial charge in [-0.1, -0.05) is 18.2 Å². The van der Waals surface area contributed by atoms with Gasteiger partial charge in [-0.05, 0) is 75.2 Å². The van der Waals surface area contributed by atoms with Crippen molar-refractivity contribution in [3.63, 3.8) is 0 Å². The van der Waals surface area contributed by atoms with Crippen molar-refractivity contribution >= 4 is 22.6 Å². The third-order valence-electron chi connectivity index (χ3n) is 7.05. The summed E-state index contributed by atoms with van der Waals surface area (Å²) in [6, 6.07) is 10.3. The molecule has 1 aromatic carbocycles. The van der Waals surface area contributed by atoms with Crippen LogP contribution in [0.25, 0.3) is 10.9 Å². The minimum atomic E-state index is 0.00114. The molecule has 2 saturated heterocycles. The molecule has 1 saturated carbocycles. The number of nitrogens with one attached hydrogen (secondary N) is 1. The Hall–Kier alpha value is -2.18. The van der Waals surface area contributed by atoms with Crippen LogP contribution in [0.1, 0.15) is 31.2 Å². The van der Waals surface area contributed by atoms with Gasteiger partial charge < -0.3 is 19.9 Å². The quantitative estimate of drug-likeness (QED) is 0.742. The van der Waals surface area contributed by atoms with Crippen LogP contribution in [0.4, 0.5) is 5.82 Å². The lowest BCUT2D eigenvalue weighted by atomic mass is 9.95. The smallest absolute Gasteiger partial charge is 0.248 e. The largest absolute Gasteiger partial charge is 0.367 e. The van der Waals surface area contributed by atoms with Gasteiger partial charge in [-0.3, -0.25) is 4.79 Å². The maximum atomic E-state index is 12.5. The lowest BCUT2D eigenvalue weighted by Crippen LogP contribution is -2.51. The zero-order chi connectivity index (χ0) is 21.2. The van der Waals surface area contributed by atoms with Crippen molar-refractivity contribution in [2.24, 2.45) is 11.8 Å². The molecule has 5 rings (SSSR count). The van der Waals surface area contributed by atoms with Crippen LogP contribution in [0.3, 0.4) is 0 Å². The first-order valence-corrected chi connectivity index (χ1v) is 11.9. The van der Waals surface area contributed by atoms with Crippen LogP contribution in [0.15, 0.2) is 30.3 Å². The number of carbonyl (C=O) groups excluding carboxylic acids is 1. The molecule has 6 nitrogen and oxygen atoms in total. The first-order chi connectivity index (χ1) is 15.1. The van der Waals surface area contributed by atoms with Crippen LogP contribution in [0.5, 0.6) is 0 Å². The second kappa shape index (κ2) is 9.13. The van der Waals surface area contributed by atoms with E-state index in [9.17, 15) is 4.79 Å². The van der Waals surface area contributed by atoms with E-state index in [0.717, 1.165) is 23.8 Å². The van der Waals surface area contributed by atoms with Gasteiger partial charge in [0.15, 0.2) is 0 Å². The molecule has 3 aliphatic rings. The van der Waals surface area contributed by atoms with Crippen molar-refractivity contribution in [3.05, 3.63) is 35.9 Å². The predicted octanol–water partition coefficient (Wildman–Crippen LogP) is 3.30. The summed E-state index contributed by atoms with van der Waals surface area (Å²) < 4.78 is 5.83. The van der Waals surface area contributed by atoms with E-state index < -0.39 is 0 Å². The Kier molecular flexibility index (Phi) is 6.10. The summed E-state index contributed by atoms with van der Waals surface area (Å²) in [5, 5.41) is 4.62. The van der Waals surface area contributed by atoms with Crippen molar-refractivity contribution in [1.29, 1.82) is 0 Å². The lowest BCUT2D eigenvalue weighted by molar-refractivity contribution is -0.149. The number of aryl methyl sites for hydroxylation is 1. The molecule has 1 aromatic heterocycles. The zero-order valence-corrected chi connectivity index (χ0v) is 18.6. The highest BCUT2D eigenvalue weighted by Crippen LogP contribution is 2.31. The summed E-state index contributed by atoms with van der Waals surface area (Å²) in [4.78, 5) is 21.8. The fraction of sp³-hybridized carbons (Fsp3) is 0.600. The number of fused-ring (bicyclic) bond motifs is 1. The minimum absolute atomic E-state index is 0.00114. The number of hydrogen-bond donors (Lipinski definition) is 1. The monoisotopic (exact) mass is 422 g/mol. The molecule has 1 atom stereocenters. The van der Waals surface area contributed by atoms with Crippen LogP contribution in [0.2, 0.25) is 0 Å². The van der Waals surface area contributed by atoms with E-state index in [4.69, 9.17) is 9.72 Å². The Morgan fingerprint density at radius 2 is 1.87 bits per heavy atom. The highest BCUT2D eigenvalue weighted by atomic mass is 16.5. The fourth-order valence-corrected chi connectivity index (χ4v) is 4.97. The highest BCUT2D eigenvalue weighted by molar-refractivity contribution is 5.83. The van der Waals surface area contributed by atoms with E-state index in [1.165, 1.54) is 56.3 Å². The number of rotatable bonds is 7. The van der Waals surface area contributed by atoms with Gasteiger partial charge in [-0.25, -0.2) is 4.98 Å². The Bertz CT molecular complexity index is 921. The van der Waals surface area contributed by atoms with Gasteiger partial charge in [0.05, 0.1) is 11.6 Å². The molecule has 2 aliphatic heterocycles. The van der Waals surface area contributed by atoms with E-state index in [1.807, 2.05) is 23.1 Å². The molecular formula is C25H34N4O2. The Labute approximate surface area is 184 Å². The van der Waals surface area contributed by atoms with E-state index in [0.29, 0.717) is 19.0 Å². The van der Waals surface area contributed by atoms with Crippen LogP contribution >= 0.6 is 0 Å². The van der Waals surface area contributed by atoms with Crippen LogP contribution in [-0.2, 0) is 9.53 Å². The maximum absolute atomic E-state index is 12.5. The van der Waals surface area contributed by atoms with E-state index in [2.05, 4.69) is 29.3 Å². The minimum Gasteiger partial charge on any atom is -0.367 e. The number of pyridine rings is 1. The van der Waals surface area contributed by atoms with Crippen LogP contribution < -0.4 is 5.32 Å². The van der Waals surface area contributed by atoms with Gasteiger partial charge in [0, 0.05) is 31.6 Å². The number of ether oxygens (including phenoxy) is 1. The molecule has 3 fully saturated rings. The molecule has 166 valence electrons. The molecule has 2 aromatic rings. The summed E-state index contributed by atoms with van der Waals surface area (Å²) >= 11 is 0. The van der Waals surface area contributed by atoms with Crippen molar-refractivity contribution in [3.8, 4) is 0 Å². The summed E-state index contributed by atoms with van der Waals surface area (Å²) in [5.41, 5.74) is 2.21. The first-order valence-electron chi connectivity index (χ1n) is 11.9. The second-order valence-electron chi connectivity index (χ2n) is 9.64. The number of piperidine rings is 1.